The van der Waals surface area contributed by atoms with E-state index in [-0.39, 0.29) is 24.1 Å². The SMILES string of the molecule is COc1cccc(OC)c1-n1c(CS(=O)(=O)[C@@H]2COCC[C@H]2c2ncc(F)cn2)nnc1-c1ccco1. The Labute approximate surface area is 212 Å². The highest BCUT2D eigenvalue weighted by atomic mass is 32.2. The normalized spacial score (nSPS) is 18.0. The van der Waals surface area contributed by atoms with E-state index in [0.29, 0.717) is 36.0 Å². The Morgan fingerprint density at radius 2 is 1.81 bits per heavy atom. The van der Waals surface area contributed by atoms with Gasteiger partial charge in [-0.1, -0.05) is 6.07 Å². The van der Waals surface area contributed by atoms with Gasteiger partial charge in [0.05, 0.1) is 44.7 Å². The Morgan fingerprint density at radius 3 is 2.46 bits per heavy atom. The molecule has 5 rings (SSSR count). The third kappa shape index (κ3) is 4.79. The Bertz CT molecular complexity index is 1450. The fourth-order valence-corrected chi connectivity index (χ4v) is 6.25. The lowest BCUT2D eigenvalue weighted by Crippen LogP contribution is -2.39. The Kier molecular flexibility index (Phi) is 6.89. The molecule has 1 aliphatic rings. The second-order valence-electron chi connectivity index (χ2n) is 8.34. The van der Waals surface area contributed by atoms with Crippen LogP contribution in [0.1, 0.15) is 24.0 Å². The molecule has 0 radical (unpaired) electrons. The number of hydrogen-bond acceptors (Lipinski definition) is 10. The summed E-state index contributed by atoms with van der Waals surface area (Å²) < 4.78 is 64.8. The molecule has 4 aromatic rings. The van der Waals surface area contributed by atoms with Crippen molar-refractivity contribution in [2.24, 2.45) is 0 Å². The van der Waals surface area contributed by atoms with E-state index in [1.54, 1.807) is 34.9 Å². The zero-order valence-electron chi connectivity index (χ0n) is 20.1. The van der Waals surface area contributed by atoms with Crippen molar-refractivity contribution in [3.05, 3.63) is 66.5 Å². The zero-order chi connectivity index (χ0) is 26.0. The van der Waals surface area contributed by atoms with Crippen LogP contribution in [0.15, 0.2) is 53.4 Å². The summed E-state index contributed by atoms with van der Waals surface area (Å²) in [6, 6.07) is 8.58. The maximum atomic E-state index is 13.8. The molecule has 37 heavy (non-hydrogen) atoms. The summed E-state index contributed by atoms with van der Waals surface area (Å²) in [5.74, 6) is 0.224. The summed E-state index contributed by atoms with van der Waals surface area (Å²) >= 11 is 0. The number of ether oxygens (including phenoxy) is 3. The highest BCUT2D eigenvalue weighted by Gasteiger charge is 2.40. The molecule has 0 bridgehead atoms. The molecule has 11 nitrogen and oxygen atoms in total. The largest absolute Gasteiger partial charge is 0.494 e. The minimum absolute atomic E-state index is 0.0507. The molecule has 1 fully saturated rings. The van der Waals surface area contributed by atoms with Crippen molar-refractivity contribution in [2.75, 3.05) is 27.4 Å². The van der Waals surface area contributed by atoms with Crippen LogP contribution in [0.2, 0.25) is 0 Å². The van der Waals surface area contributed by atoms with E-state index in [9.17, 15) is 12.8 Å². The van der Waals surface area contributed by atoms with E-state index in [4.69, 9.17) is 18.6 Å². The van der Waals surface area contributed by atoms with E-state index < -0.39 is 32.6 Å². The van der Waals surface area contributed by atoms with Crippen molar-refractivity contribution >= 4 is 9.84 Å². The molecule has 0 aliphatic carbocycles. The lowest BCUT2D eigenvalue weighted by atomic mass is 9.99. The van der Waals surface area contributed by atoms with E-state index in [2.05, 4.69) is 20.2 Å². The number of halogens is 1. The highest BCUT2D eigenvalue weighted by molar-refractivity contribution is 7.91. The Balaban J connectivity index is 1.60. The first-order chi connectivity index (χ1) is 17.9. The maximum Gasteiger partial charge on any atom is 0.204 e. The molecular weight excluding hydrogens is 505 g/mol. The molecular formula is C24H24FN5O6S. The fraction of sp³-hybridized carbons (Fsp3) is 0.333. The first-order valence-electron chi connectivity index (χ1n) is 11.4. The Hall–Kier alpha value is -3.84. The van der Waals surface area contributed by atoms with Crippen LogP contribution in [-0.4, -0.2) is 65.8 Å². The molecule has 4 heterocycles. The van der Waals surface area contributed by atoms with Gasteiger partial charge in [0.25, 0.3) is 0 Å². The van der Waals surface area contributed by atoms with Gasteiger partial charge in [-0.25, -0.2) is 22.8 Å². The molecule has 1 saturated heterocycles. The molecule has 0 saturated carbocycles. The van der Waals surface area contributed by atoms with Crippen molar-refractivity contribution in [3.8, 4) is 28.8 Å². The zero-order valence-corrected chi connectivity index (χ0v) is 20.9. The van der Waals surface area contributed by atoms with E-state index in [1.807, 2.05) is 0 Å². The van der Waals surface area contributed by atoms with Gasteiger partial charge in [0.1, 0.15) is 28.8 Å². The van der Waals surface area contributed by atoms with Crippen LogP contribution < -0.4 is 9.47 Å². The van der Waals surface area contributed by atoms with Gasteiger partial charge in [0.2, 0.25) is 5.82 Å². The van der Waals surface area contributed by atoms with Crippen molar-refractivity contribution in [1.29, 1.82) is 0 Å². The van der Waals surface area contributed by atoms with Crippen LogP contribution >= 0.6 is 0 Å². The second-order valence-corrected chi connectivity index (χ2v) is 10.6. The predicted molar refractivity (Wildman–Crippen MR) is 129 cm³/mol. The molecule has 3 aromatic heterocycles. The molecule has 13 heteroatoms. The number of nitrogens with zero attached hydrogens (tertiary/aromatic N) is 5. The molecule has 194 valence electrons. The van der Waals surface area contributed by atoms with Crippen LogP contribution in [0.5, 0.6) is 11.5 Å². The quantitative estimate of drug-likeness (QED) is 0.336. The lowest BCUT2D eigenvalue weighted by molar-refractivity contribution is 0.0860. The number of furan rings is 1. The summed E-state index contributed by atoms with van der Waals surface area (Å²) in [6.45, 7) is 0.291. The number of hydrogen-bond donors (Lipinski definition) is 0. The molecule has 1 aromatic carbocycles. The standard InChI is InChI=1S/C24H24FN5O6S/c1-33-17-5-3-6-18(34-2)22(17)30-21(28-29-24(30)19-7-4-9-36-19)14-37(31,32)20-13-35-10-8-16(20)23-26-11-15(25)12-27-23/h3-7,9,11-12,16,20H,8,10,13-14H2,1-2H3/t16-,20-/m1/s1. The van der Waals surface area contributed by atoms with Gasteiger partial charge in [-0.05, 0) is 30.7 Å². The molecule has 0 N–H and O–H groups in total. The third-order valence-corrected chi connectivity index (χ3v) is 8.21. The van der Waals surface area contributed by atoms with Crippen molar-refractivity contribution in [1.82, 2.24) is 24.7 Å². The molecule has 0 amide bonds. The van der Waals surface area contributed by atoms with Crippen LogP contribution in [0.4, 0.5) is 4.39 Å². The molecule has 0 spiro atoms. The van der Waals surface area contributed by atoms with E-state index >= 15 is 0 Å². The first kappa shape index (κ1) is 24.8. The predicted octanol–water partition coefficient (Wildman–Crippen LogP) is 2.96. The van der Waals surface area contributed by atoms with Gasteiger partial charge in [0, 0.05) is 12.5 Å². The molecule has 0 unspecified atom stereocenters. The van der Waals surface area contributed by atoms with Crippen molar-refractivity contribution in [2.45, 2.75) is 23.3 Å². The van der Waals surface area contributed by atoms with E-state index in [0.717, 1.165) is 12.4 Å². The summed E-state index contributed by atoms with van der Waals surface area (Å²) in [5, 5.41) is 7.51. The number of aromatic nitrogens is 5. The summed E-state index contributed by atoms with van der Waals surface area (Å²) in [6.07, 6.45) is 3.92. The Morgan fingerprint density at radius 1 is 1.08 bits per heavy atom. The average molecular weight is 530 g/mol. The van der Waals surface area contributed by atoms with Gasteiger partial charge in [-0.2, -0.15) is 0 Å². The lowest BCUT2D eigenvalue weighted by Gasteiger charge is -2.30. The van der Waals surface area contributed by atoms with Gasteiger partial charge >= 0.3 is 0 Å². The average Bonchev–Trinajstić information content (AvgIpc) is 3.58. The highest BCUT2D eigenvalue weighted by Crippen LogP contribution is 2.38. The second kappa shape index (κ2) is 10.3. The minimum Gasteiger partial charge on any atom is -0.494 e. The minimum atomic E-state index is -3.90. The van der Waals surface area contributed by atoms with Gasteiger partial charge in [0.15, 0.2) is 27.2 Å². The fourth-order valence-electron chi connectivity index (χ4n) is 4.42. The summed E-state index contributed by atoms with van der Waals surface area (Å²) in [4.78, 5) is 8.07. The van der Waals surface area contributed by atoms with E-state index in [1.165, 1.54) is 20.5 Å². The van der Waals surface area contributed by atoms with Gasteiger partial charge in [-0.15, -0.1) is 10.2 Å². The molecule has 2 atom stereocenters. The van der Waals surface area contributed by atoms with Crippen LogP contribution in [0.3, 0.4) is 0 Å². The number of sulfone groups is 1. The maximum absolute atomic E-state index is 13.8. The molecule has 1 aliphatic heterocycles. The topological polar surface area (TPSA) is 131 Å². The smallest absolute Gasteiger partial charge is 0.204 e. The van der Waals surface area contributed by atoms with Gasteiger partial charge in [-0.3, -0.25) is 4.57 Å². The number of rotatable bonds is 8. The monoisotopic (exact) mass is 529 g/mol. The summed E-state index contributed by atoms with van der Waals surface area (Å²) in [7, 11) is -0.907. The number of benzene rings is 1. The van der Waals surface area contributed by atoms with Crippen LogP contribution in [-0.2, 0) is 20.3 Å². The first-order valence-corrected chi connectivity index (χ1v) is 13.1. The number of methoxy groups -OCH3 is 2. The third-order valence-electron chi connectivity index (χ3n) is 6.16. The number of para-hydroxylation sites is 1. The van der Waals surface area contributed by atoms with Crippen molar-refractivity contribution < 1.29 is 31.4 Å². The van der Waals surface area contributed by atoms with Gasteiger partial charge < -0.3 is 18.6 Å². The van der Waals surface area contributed by atoms with Crippen molar-refractivity contribution in [3.63, 3.8) is 0 Å². The van der Waals surface area contributed by atoms with Crippen LogP contribution in [0.25, 0.3) is 17.3 Å². The van der Waals surface area contributed by atoms with Crippen LogP contribution in [0, 0.1) is 5.82 Å². The summed E-state index contributed by atoms with van der Waals surface area (Å²) in [5.41, 5.74) is 0.424.